The number of hydrogen-bond acceptors (Lipinski definition) is 6. The molecule has 0 bridgehead atoms. The highest BCUT2D eigenvalue weighted by molar-refractivity contribution is 7.18. The SMILES string of the molecule is CC(C)c1ccc(-c2nnn(CC(=O)N(C)Cc3nc4ccccc4s3)n2)cc1. The highest BCUT2D eigenvalue weighted by Gasteiger charge is 2.15. The second-order valence-electron chi connectivity index (χ2n) is 7.25. The van der Waals surface area contributed by atoms with E-state index in [0.29, 0.717) is 18.3 Å². The summed E-state index contributed by atoms with van der Waals surface area (Å²) in [6.07, 6.45) is 0. The van der Waals surface area contributed by atoms with Gasteiger partial charge in [0.15, 0.2) is 0 Å². The van der Waals surface area contributed by atoms with Crippen LogP contribution in [-0.2, 0) is 17.9 Å². The number of thiazole rings is 1. The van der Waals surface area contributed by atoms with Crippen molar-refractivity contribution in [3.8, 4) is 11.4 Å². The van der Waals surface area contributed by atoms with Gasteiger partial charge in [-0.15, -0.1) is 21.5 Å². The number of fused-ring (bicyclic) bond motifs is 1. The van der Waals surface area contributed by atoms with E-state index in [1.54, 1.807) is 23.3 Å². The van der Waals surface area contributed by atoms with Crippen LogP contribution in [0.5, 0.6) is 0 Å². The Morgan fingerprint density at radius 2 is 1.90 bits per heavy atom. The minimum Gasteiger partial charge on any atom is -0.337 e. The number of aromatic nitrogens is 5. The zero-order valence-electron chi connectivity index (χ0n) is 16.6. The Balaban J connectivity index is 1.40. The van der Waals surface area contributed by atoms with Gasteiger partial charge in [-0.1, -0.05) is 50.2 Å². The molecule has 29 heavy (non-hydrogen) atoms. The van der Waals surface area contributed by atoms with Crippen LogP contribution in [-0.4, -0.2) is 43.0 Å². The monoisotopic (exact) mass is 406 g/mol. The third-order valence-corrected chi connectivity index (χ3v) is 5.72. The van der Waals surface area contributed by atoms with Gasteiger partial charge >= 0.3 is 0 Å². The smallest absolute Gasteiger partial charge is 0.246 e. The number of carbonyl (C=O) groups excluding carboxylic acids is 1. The average molecular weight is 407 g/mol. The summed E-state index contributed by atoms with van der Waals surface area (Å²) in [7, 11) is 1.76. The molecule has 1 amide bonds. The maximum atomic E-state index is 12.6. The van der Waals surface area contributed by atoms with E-state index in [9.17, 15) is 4.79 Å². The summed E-state index contributed by atoms with van der Waals surface area (Å²) in [5, 5.41) is 13.4. The molecular formula is C21H22N6OS. The second-order valence-corrected chi connectivity index (χ2v) is 8.36. The number of likely N-dealkylation sites (N-methyl/N-ethyl adjacent to an activating group) is 1. The summed E-state index contributed by atoms with van der Waals surface area (Å²) in [6.45, 7) is 4.80. The van der Waals surface area contributed by atoms with Crippen molar-refractivity contribution in [1.82, 2.24) is 30.1 Å². The predicted octanol–water partition coefficient (Wildman–Crippen LogP) is 3.73. The standard InChI is InChI=1S/C21H22N6OS/c1-14(2)15-8-10-16(11-9-15)21-23-25-27(24-21)13-20(28)26(3)12-19-22-17-6-4-5-7-18(17)29-19/h4-11,14H,12-13H2,1-3H3. The van der Waals surface area contributed by atoms with Gasteiger partial charge in [0.25, 0.3) is 0 Å². The van der Waals surface area contributed by atoms with Gasteiger partial charge in [-0.3, -0.25) is 4.79 Å². The van der Waals surface area contributed by atoms with E-state index in [0.717, 1.165) is 20.8 Å². The normalized spacial score (nSPS) is 11.3. The zero-order chi connectivity index (χ0) is 20.4. The van der Waals surface area contributed by atoms with E-state index in [2.05, 4.69) is 46.4 Å². The number of hydrogen-bond donors (Lipinski definition) is 0. The molecule has 0 aliphatic rings. The minimum absolute atomic E-state index is 0.0402. The quantitative estimate of drug-likeness (QED) is 0.488. The highest BCUT2D eigenvalue weighted by Crippen LogP contribution is 2.22. The Hall–Kier alpha value is -3.13. The van der Waals surface area contributed by atoms with Crippen molar-refractivity contribution in [1.29, 1.82) is 0 Å². The van der Waals surface area contributed by atoms with E-state index >= 15 is 0 Å². The first-order chi connectivity index (χ1) is 14.0. The summed E-state index contributed by atoms with van der Waals surface area (Å²) in [5.74, 6) is 0.890. The lowest BCUT2D eigenvalue weighted by Crippen LogP contribution is -2.30. The Morgan fingerprint density at radius 1 is 1.14 bits per heavy atom. The molecule has 2 aromatic heterocycles. The molecule has 2 heterocycles. The summed E-state index contributed by atoms with van der Waals surface area (Å²) in [5.41, 5.74) is 3.10. The summed E-state index contributed by atoms with van der Waals surface area (Å²) in [6, 6.07) is 16.1. The third kappa shape index (κ3) is 4.32. The van der Waals surface area contributed by atoms with E-state index in [-0.39, 0.29) is 12.5 Å². The molecule has 0 radical (unpaired) electrons. The summed E-state index contributed by atoms with van der Waals surface area (Å²) >= 11 is 1.60. The fraction of sp³-hybridized carbons (Fsp3) is 0.286. The maximum absolute atomic E-state index is 12.6. The lowest BCUT2D eigenvalue weighted by molar-refractivity contribution is -0.131. The van der Waals surface area contributed by atoms with E-state index in [1.807, 2.05) is 36.4 Å². The molecule has 7 nitrogen and oxygen atoms in total. The first kappa shape index (κ1) is 19.2. The molecule has 0 saturated carbocycles. The van der Waals surface area contributed by atoms with Gasteiger partial charge in [0.05, 0.1) is 16.8 Å². The van der Waals surface area contributed by atoms with Crippen LogP contribution in [0.15, 0.2) is 48.5 Å². The van der Waals surface area contributed by atoms with Gasteiger partial charge in [0.2, 0.25) is 11.7 Å². The van der Waals surface area contributed by atoms with Crippen molar-refractivity contribution in [2.45, 2.75) is 32.9 Å². The van der Waals surface area contributed by atoms with Gasteiger partial charge in [-0.25, -0.2) is 4.98 Å². The topological polar surface area (TPSA) is 76.8 Å². The van der Waals surface area contributed by atoms with Crippen LogP contribution >= 0.6 is 11.3 Å². The maximum Gasteiger partial charge on any atom is 0.246 e. The molecule has 0 N–H and O–H groups in total. The fourth-order valence-electron chi connectivity index (χ4n) is 2.96. The molecule has 0 spiro atoms. The largest absolute Gasteiger partial charge is 0.337 e. The Bertz CT molecular complexity index is 1100. The molecule has 0 saturated heterocycles. The first-order valence-corrected chi connectivity index (χ1v) is 10.3. The van der Waals surface area contributed by atoms with Crippen LogP contribution in [0.3, 0.4) is 0 Å². The summed E-state index contributed by atoms with van der Waals surface area (Å²) in [4.78, 5) is 20.1. The van der Waals surface area contributed by atoms with Crippen molar-refractivity contribution in [3.05, 3.63) is 59.1 Å². The second kappa shape index (κ2) is 8.08. The molecule has 8 heteroatoms. The van der Waals surface area contributed by atoms with Crippen molar-refractivity contribution in [2.24, 2.45) is 0 Å². The number of rotatable bonds is 6. The van der Waals surface area contributed by atoms with E-state index in [1.165, 1.54) is 10.4 Å². The van der Waals surface area contributed by atoms with Crippen LogP contribution in [0.25, 0.3) is 21.6 Å². The molecule has 0 aliphatic heterocycles. The van der Waals surface area contributed by atoms with Crippen molar-refractivity contribution < 1.29 is 4.79 Å². The van der Waals surface area contributed by atoms with E-state index < -0.39 is 0 Å². The Kier molecular flexibility index (Phi) is 5.35. The Labute approximate surface area is 173 Å². The van der Waals surface area contributed by atoms with Crippen LogP contribution in [0, 0.1) is 0 Å². The van der Waals surface area contributed by atoms with Gasteiger partial charge in [-0.2, -0.15) is 4.80 Å². The van der Waals surface area contributed by atoms with Gasteiger partial charge in [-0.05, 0) is 28.8 Å². The molecule has 0 aliphatic carbocycles. The lowest BCUT2D eigenvalue weighted by Gasteiger charge is -2.14. The molecule has 2 aromatic carbocycles. The molecule has 0 atom stereocenters. The molecule has 0 unspecified atom stereocenters. The van der Waals surface area contributed by atoms with Crippen LogP contribution in [0.1, 0.15) is 30.3 Å². The molecule has 148 valence electrons. The molecular weight excluding hydrogens is 384 g/mol. The Morgan fingerprint density at radius 3 is 2.62 bits per heavy atom. The van der Waals surface area contributed by atoms with Crippen LogP contribution in [0.2, 0.25) is 0 Å². The van der Waals surface area contributed by atoms with Crippen molar-refractivity contribution >= 4 is 27.5 Å². The fourth-order valence-corrected chi connectivity index (χ4v) is 3.98. The van der Waals surface area contributed by atoms with Gasteiger partial charge in [0, 0.05) is 12.6 Å². The average Bonchev–Trinajstić information content (AvgIpc) is 3.34. The number of tetrazole rings is 1. The molecule has 4 rings (SSSR count). The minimum atomic E-state index is -0.0941. The number of amides is 1. The van der Waals surface area contributed by atoms with Crippen LogP contribution in [0.4, 0.5) is 0 Å². The van der Waals surface area contributed by atoms with Gasteiger partial charge in [0.1, 0.15) is 11.6 Å². The summed E-state index contributed by atoms with van der Waals surface area (Å²) < 4.78 is 1.12. The van der Waals surface area contributed by atoms with Crippen molar-refractivity contribution in [2.75, 3.05) is 7.05 Å². The zero-order valence-corrected chi connectivity index (χ0v) is 17.4. The molecule has 4 aromatic rings. The van der Waals surface area contributed by atoms with E-state index in [4.69, 9.17) is 0 Å². The van der Waals surface area contributed by atoms with Crippen molar-refractivity contribution in [3.63, 3.8) is 0 Å². The highest BCUT2D eigenvalue weighted by atomic mass is 32.1. The number of para-hydroxylation sites is 1. The predicted molar refractivity (Wildman–Crippen MR) is 113 cm³/mol. The lowest BCUT2D eigenvalue weighted by atomic mass is 10.0. The third-order valence-electron chi connectivity index (χ3n) is 4.70. The number of carbonyl (C=O) groups is 1. The molecule has 0 fully saturated rings. The van der Waals surface area contributed by atoms with Crippen LogP contribution < -0.4 is 0 Å². The number of benzene rings is 2. The number of nitrogens with zero attached hydrogens (tertiary/aromatic N) is 6. The van der Waals surface area contributed by atoms with Gasteiger partial charge < -0.3 is 4.90 Å². The first-order valence-electron chi connectivity index (χ1n) is 9.46.